The Morgan fingerprint density at radius 2 is 1.96 bits per heavy atom. The second-order valence-electron chi connectivity index (χ2n) is 5.72. The molecule has 0 bridgehead atoms. The Morgan fingerprint density at radius 3 is 2.69 bits per heavy atom. The van der Waals surface area contributed by atoms with E-state index in [9.17, 15) is 19.7 Å². The lowest BCUT2D eigenvalue weighted by Crippen LogP contribution is -2.32. The molecule has 0 aromatic heterocycles. The molecule has 1 aliphatic rings. The molecule has 0 radical (unpaired) electrons. The Bertz CT molecular complexity index is 880. The fourth-order valence-corrected chi connectivity index (χ4v) is 2.82. The van der Waals surface area contributed by atoms with E-state index in [0.717, 1.165) is 17.7 Å². The van der Waals surface area contributed by atoms with Gasteiger partial charge in [0.15, 0.2) is 0 Å². The highest BCUT2D eigenvalue weighted by atomic mass is 16.6. The normalized spacial score (nSPS) is 15.3. The third-order valence-corrected chi connectivity index (χ3v) is 4.08. The van der Waals surface area contributed by atoms with Gasteiger partial charge in [-0.25, -0.2) is 4.79 Å². The number of para-hydroxylation sites is 1. The third-order valence-electron chi connectivity index (χ3n) is 4.08. The number of nitro groups is 1. The van der Waals surface area contributed by atoms with Gasteiger partial charge < -0.3 is 14.8 Å². The summed E-state index contributed by atoms with van der Waals surface area (Å²) in [6.45, 7) is 0.449. The molecular weight excluding hydrogens is 340 g/mol. The summed E-state index contributed by atoms with van der Waals surface area (Å²) in [6.07, 6.45) is 0.571. The number of hydrogen-bond donors (Lipinski definition) is 1. The summed E-state index contributed by atoms with van der Waals surface area (Å²) >= 11 is 0. The predicted octanol–water partition coefficient (Wildman–Crippen LogP) is 2.64. The molecule has 0 unspecified atom stereocenters. The number of rotatable bonds is 4. The number of esters is 1. The van der Waals surface area contributed by atoms with E-state index in [1.54, 1.807) is 0 Å². The number of benzene rings is 2. The quantitative estimate of drug-likeness (QED) is 0.512. The number of amides is 1. The van der Waals surface area contributed by atoms with Crippen molar-refractivity contribution in [1.82, 2.24) is 5.32 Å². The second kappa shape index (κ2) is 7.22. The van der Waals surface area contributed by atoms with Crippen LogP contribution >= 0.6 is 0 Å². The SMILES string of the molecule is COC(=O)c1cc(C(=O)N[C@H]2CCOc3ccccc32)cc([N+](=O)[O-])c1. The molecule has 0 aliphatic carbocycles. The second-order valence-corrected chi connectivity index (χ2v) is 5.72. The number of non-ortho nitro benzene ring substituents is 1. The maximum atomic E-state index is 12.6. The number of methoxy groups -OCH3 is 1. The minimum absolute atomic E-state index is 0.0172. The van der Waals surface area contributed by atoms with Crippen molar-refractivity contribution in [3.05, 3.63) is 69.3 Å². The van der Waals surface area contributed by atoms with Crippen LogP contribution in [0.3, 0.4) is 0 Å². The lowest BCUT2D eigenvalue weighted by molar-refractivity contribution is -0.384. The average Bonchev–Trinajstić information content (AvgIpc) is 2.67. The molecule has 1 heterocycles. The molecule has 1 N–H and O–H groups in total. The number of nitro benzene ring substituents is 1. The van der Waals surface area contributed by atoms with Gasteiger partial charge in [0.05, 0.1) is 30.2 Å². The maximum absolute atomic E-state index is 12.6. The molecule has 1 atom stereocenters. The summed E-state index contributed by atoms with van der Waals surface area (Å²) in [6, 6.07) is 10.6. The van der Waals surface area contributed by atoms with Gasteiger partial charge in [0.1, 0.15) is 5.75 Å². The number of carbonyl (C=O) groups excluding carboxylic acids is 2. The fourth-order valence-electron chi connectivity index (χ4n) is 2.82. The molecule has 0 fully saturated rings. The number of carbonyl (C=O) groups is 2. The van der Waals surface area contributed by atoms with Crippen molar-refractivity contribution < 1.29 is 24.0 Å². The van der Waals surface area contributed by atoms with Gasteiger partial charge in [-0.15, -0.1) is 0 Å². The molecule has 1 amide bonds. The van der Waals surface area contributed by atoms with Crippen LogP contribution in [-0.4, -0.2) is 30.5 Å². The summed E-state index contributed by atoms with van der Waals surface area (Å²) in [5.41, 5.74) is 0.443. The first-order chi connectivity index (χ1) is 12.5. The largest absolute Gasteiger partial charge is 0.493 e. The van der Waals surface area contributed by atoms with Gasteiger partial charge in [-0.05, 0) is 12.1 Å². The lowest BCUT2D eigenvalue weighted by atomic mass is 10.00. The highest BCUT2D eigenvalue weighted by Gasteiger charge is 2.25. The van der Waals surface area contributed by atoms with Gasteiger partial charge >= 0.3 is 5.97 Å². The van der Waals surface area contributed by atoms with Crippen molar-refractivity contribution in [2.24, 2.45) is 0 Å². The Labute approximate surface area is 148 Å². The van der Waals surface area contributed by atoms with E-state index in [1.807, 2.05) is 24.3 Å². The van der Waals surface area contributed by atoms with Crippen LogP contribution in [0.1, 0.15) is 38.7 Å². The summed E-state index contributed by atoms with van der Waals surface area (Å²) in [5.74, 6) is -0.571. The maximum Gasteiger partial charge on any atom is 0.338 e. The van der Waals surface area contributed by atoms with Crippen LogP contribution in [0.15, 0.2) is 42.5 Å². The number of ether oxygens (including phenoxy) is 2. The van der Waals surface area contributed by atoms with Crippen LogP contribution in [0.4, 0.5) is 5.69 Å². The van der Waals surface area contributed by atoms with Crippen LogP contribution in [0.25, 0.3) is 0 Å². The van der Waals surface area contributed by atoms with Gasteiger partial charge in [-0.2, -0.15) is 0 Å². The van der Waals surface area contributed by atoms with Gasteiger partial charge in [0.25, 0.3) is 11.6 Å². The molecule has 134 valence electrons. The molecule has 1 aliphatic heterocycles. The summed E-state index contributed by atoms with van der Waals surface area (Å²) in [5, 5.41) is 13.9. The molecule has 2 aromatic carbocycles. The van der Waals surface area contributed by atoms with Gasteiger partial charge in [0.2, 0.25) is 0 Å². The van der Waals surface area contributed by atoms with E-state index in [0.29, 0.717) is 18.8 Å². The summed E-state index contributed by atoms with van der Waals surface area (Å²) in [7, 11) is 1.17. The molecule has 2 aromatic rings. The zero-order valence-electron chi connectivity index (χ0n) is 13.9. The van der Waals surface area contributed by atoms with Crippen LogP contribution in [0.5, 0.6) is 5.75 Å². The van der Waals surface area contributed by atoms with E-state index in [1.165, 1.54) is 13.2 Å². The number of nitrogens with one attached hydrogen (secondary N) is 1. The molecule has 26 heavy (non-hydrogen) atoms. The van der Waals surface area contributed by atoms with E-state index in [2.05, 4.69) is 10.1 Å². The highest BCUT2D eigenvalue weighted by Crippen LogP contribution is 2.31. The molecular formula is C18H16N2O6. The van der Waals surface area contributed by atoms with Gasteiger partial charge in [0, 0.05) is 29.7 Å². The minimum atomic E-state index is -0.751. The molecule has 8 nitrogen and oxygen atoms in total. The molecule has 0 saturated carbocycles. The van der Waals surface area contributed by atoms with Crippen LogP contribution in [0.2, 0.25) is 0 Å². The van der Waals surface area contributed by atoms with E-state index < -0.39 is 16.8 Å². The molecule has 0 saturated heterocycles. The topological polar surface area (TPSA) is 108 Å². The smallest absolute Gasteiger partial charge is 0.338 e. The first-order valence-corrected chi connectivity index (χ1v) is 7.90. The van der Waals surface area contributed by atoms with Crippen molar-refractivity contribution in [2.75, 3.05) is 13.7 Å². The van der Waals surface area contributed by atoms with Crippen molar-refractivity contribution in [2.45, 2.75) is 12.5 Å². The molecule has 3 rings (SSSR count). The van der Waals surface area contributed by atoms with Crippen molar-refractivity contribution in [1.29, 1.82) is 0 Å². The van der Waals surface area contributed by atoms with Crippen LogP contribution in [0, 0.1) is 10.1 Å². The van der Waals surface area contributed by atoms with Crippen molar-refractivity contribution in [3.8, 4) is 5.75 Å². The highest BCUT2D eigenvalue weighted by molar-refractivity contribution is 5.99. The Kier molecular flexibility index (Phi) is 4.83. The monoisotopic (exact) mass is 356 g/mol. The van der Waals surface area contributed by atoms with Crippen molar-refractivity contribution in [3.63, 3.8) is 0 Å². The Morgan fingerprint density at radius 1 is 1.23 bits per heavy atom. The van der Waals surface area contributed by atoms with Gasteiger partial charge in [-0.1, -0.05) is 18.2 Å². The zero-order chi connectivity index (χ0) is 18.7. The van der Waals surface area contributed by atoms with E-state index in [-0.39, 0.29) is 22.9 Å². The first-order valence-electron chi connectivity index (χ1n) is 7.90. The number of hydrogen-bond acceptors (Lipinski definition) is 6. The zero-order valence-corrected chi connectivity index (χ0v) is 13.9. The Balaban J connectivity index is 1.90. The standard InChI is InChI=1S/C18H16N2O6/c1-25-18(22)12-8-11(9-13(10-12)20(23)24)17(21)19-15-6-7-26-16-5-3-2-4-14(15)16/h2-5,8-10,15H,6-7H2,1H3,(H,19,21)/t15-/m0/s1. The van der Waals surface area contributed by atoms with Crippen molar-refractivity contribution >= 4 is 17.6 Å². The first kappa shape index (κ1) is 17.4. The van der Waals surface area contributed by atoms with E-state index >= 15 is 0 Å². The van der Waals surface area contributed by atoms with E-state index in [4.69, 9.17) is 4.74 Å². The Hall–Kier alpha value is -3.42. The average molecular weight is 356 g/mol. The van der Waals surface area contributed by atoms with Gasteiger partial charge in [-0.3, -0.25) is 14.9 Å². The fraction of sp³-hybridized carbons (Fsp3) is 0.222. The third kappa shape index (κ3) is 3.49. The molecule has 8 heteroatoms. The minimum Gasteiger partial charge on any atom is -0.493 e. The number of fused-ring (bicyclic) bond motifs is 1. The number of nitrogens with zero attached hydrogens (tertiary/aromatic N) is 1. The summed E-state index contributed by atoms with van der Waals surface area (Å²) in [4.78, 5) is 34.8. The van der Waals surface area contributed by atoms with Crippen LogP contribution in [-0.2, 0) is 4.74 Å². The lowest BCUT2D eigenvalue weighted by Gasteiger charge is -2.26. The predicted molar refractivity (Wildman–Crippen MR) is 91.2 cm³/mol. The van der Waals surface area contributed by atoms with Crippen LogP contribution < -0.4 is 10.1 Å². The molecule has 0 spiro atoms. The summed E-state index contributed by atoms with van der Waals surface area (Å²) < 4.78 is 10.1.